The van der Waals surface area contributed by atoms with Crippen LogP contribution in [0.15, 0.2) is 6.07 Å². The van der Waals surface area contributed by atoms with Crippen LogP contribution in [0.1, 0.15) is 24.6 Å². The van der Waals surface area contributed by atoms with Gasteiger partial charge in [-0.2, -0.15) is 5.10 Å². The van der Waals surface area contributed by atoms with E-state index in [1.165, 1.54) is 12.8 Å². The van der Waals surface area contributed by atoms with E-state index in [9.17, 15) is 0 Å². The Hall–Kier alpha value is -1.03. The molecule has 1 aromatic rings. The monoisotopic (exact) mass is 180 g/mol. The van der Waals surface area contributed by atoms with Crippen molar-refractivity contribution in [1.29, 1.82) is 0 Å². The van der Waals surface area contributed by atoms with Crippen molar-refractivity contribution in [3.63, 3.8) is 0 Å². The standard InChI is InChI=1S/C9H16N4/c1-7-5-9(10)13(12-7)8-3-2-4-11-6-8/h5,8,11H,2-4,6,10H2,1H3/t8-/m1/s1. The zero-order valence-corrected chi connectivity index (χ0v) is 7.95. The van der Waals surface area contributed by atoms with Crippen molar-refractivity contribution in [2.45, 2.75) is 25.8 Å². The first kappa shape index (κ1) is 8.56. The number of nitrogens with zero attached hydrogens (tertiary/aromatic N) is 2. The molecule has 0 radical (unpaired) electrons. The fraction of sp³-hybridized carbons (Fsp3) is 0.667. The summed E-state index contributed by atoms with van der Waals surface area (Å²) in [7, 11) is 0. The molecule has 13 heavy (non-hydrogen) atoms. The zero-order valence-electron chi connectivity index (χ0n) is 7.95. The van der Waals surface area contributed by atoms with Crippen LogP contribution in [0.3, 0.4) is 0 Å². The molecule has 0 aromatic carbocycles. The summed E-state index contributed by atoms with van der Waals surface area (Å²) in [6, 6.07) is 2.37. The van der Waals surface area contributed by atoms with Gasteiger partial charge >= 0.3 is 0 Å². The Bertz CT molecular complexity index is 286. The average Bonchev–Trinajstić information content (AvgIpc) is 2.47. The lowest BCUT2D eigenvalue weighted by Crippen LogP contribution is -2.32. The Morgan fingerprint density at radius 2 is 2.54 bits per heavy atom. The molecule has 1 aromatic heterocycles. The van der Waals surface area contributed by atoms with E-state index in [-0.39, 0.29) is 0 Å². The third kappa shape index (κ3) is 1.67. The van der Waals surface area contributed by atoms with Gasteiger partial charge in [0.15, 0.2) is 0 Å². The summed E-state index contributed by atoms with van der Waals surface area (Å²) in [4.78, 5) is 0. The van der Waals surface area contributed by atoms with E-state index in [0.717, 1.165) is 24.6 Å². The maximum Gasteiger partial charge on any atom is 0.122 e. The first-order valence-electron chi connectivity index (χ1n) is 4.80. The van der Waals surface area contributed by atoms with Gasteiger partial charge in [-0.25, -0.2) is 4.68 Å². The van der Waals surface area contributed by atoms with E-state index in [2.05, 4.69) is 10.4 Å². The van der Waals surface area contributed by atoms with Gasteiger partial charge in [0.05, 0.1) is 11.7 Å². The van der Waals surface area contributed by atoms with Crippen LogP contribution in [0.5, 0.6) is 0 Å². The largest absolute Gasteiger partial charge is 0.384 e. The molecular weight excluding hydrogens is 164 g/mol. The maximum absolute atomic E-state index is 5.84. The zero-order chi connectivity index (χ0) is 9.26. The second-order valence-electron chi connectivity index (χ2n) is 3.66. The molecule has 1 saturated heterocycles. The molecule has 2 heterocycles. The molecule has 1 fully saturated rings. The highest BCUT2D eigenvalue weighted by molar-refractivity contribution is 5.30. The summed E-state index contributed by atoms with van der Waals surface area (Å²) in [5.41, 5.74) is 6.85. The number of nitrogen functional groups attached to an aromatic ring is 1. The number of nitrogens with one attached hydrogen (secondary N) is 1. The van der Waals surface area contributed by atoms with E-state index < -0.39 is 0 Å². The summed E-state index contributed by atoms with van der Waals surface area (Å²) in [6.07, 6.45) is 2.39. The van der Waals surface area contributed by atoms with Crippen molar-refractivity contribution in [1.82, 2.24) is 15.1 Å². The van der Waals surface area contributed by atoms with Gasteiger partial charge < -0.3 is 11.1 Å². The van der Waals surface area contributed by atoms with Gasteiger partial charge in [0.1, 0.15) is 5.82 Å². The number of hydrogen-bond acceptors (Lipinski definition) is 3. The minimum absolute atomic E-state index is 0.447. The quantitative estimate of drug-likeness (QED) is 0.669. The van der Waals surface area contributed by atoms with Gasteiger partial charge in [0, 0.05) is 12.6 Å². The molecule has 1 aliphatic rings. The van der Waals surface area contributed by atoms with Gasteiger partial charge in [0.25, 0.3) is 0 Å². The minimum Gasteiger partial charge on any atom is -0.384 e. The molecule has 0 unspecified atom stereocenters. The molecule has 0 amide bonds. The fourth-order valence-electron chi connectivity index (χ4n) is 1.87. The minimum atomic E-state index is 0.447. The lowest BCUT2D eigenvalue weighted by molar-refractivity contribution is 0.349. The second-order valence-corrected chi connectivity index (χ2v) is 3.66. The molecule has 0 aliphatic carbocycles. The molecule has 4 heteroatoms. The molecule has 1 atom stereocenters. The normalized spacial score (nSPS) is 23.3. The molecule has 0 spiro atoms. The summed E-state index contributed by atoms with van der Waals surface area (Å²) in [5.74, 6) is 0.784. The predicted molar refractivity (Wildman–Crippen MR) is 52.5 cm³/mol. The molecule has 72 valence electrons. The average molecular weight is 180 g/mol. The molecule has 4 nitrogen and oxygen atoms in total. The van der Waals surface area contributed by atoms with E-state index in [1.54, 1.807) is 0 Å². The van der Waals surface area contributed by atoms with Crippen LogP contribution < -0.4 is 11.1 Å². The summed E-state index contributed by atoms with van der Waals surface area (Å²) >= 11 is 0. The van der Waals surface area contributed by atoms with E-state index in [4.69, 9.17) is 5.73 Å². The van der Waals surface area contributed by atoms with Crippen LogP contribution >= 0.6 is 0 Å². The number of aromatic nitrogens is 2. The number of anilines is 1. The Morgan fingerprint density at radius 1 is 1.69 bits per heavy atom. The first-order chi connectivity index (χ1) is 6.27. The molecule has 2 rings (SSSR count). The first-order valence-corrected chi connectivity index (χ1v) is 4.80. The molecule has 3 N–H and O–H groups in total. The van der Waals surface area contributed by atoms with Crippen LogP contribution in [-0.4, -0.2) is 22.9 Å². The Labute approximate surface area is 78.1 Å². The van der Waals surface area contributed by atoms with Gasteiger partial charge in [-0.15, -0.1) is 0 Å². The van der Waals surface area contributed by atoms with Crippen LogP contribution in [0.4, 0.5) is 5.82 Å². The Morgan fingerprint density at radius 3 is 3.08 bits per heavy atom. The highest BCUT2D eigenvalue weighted by atomic mass is 15.3. The summed E-state index contributed by atoms with van der Waals surface area (Å²) in [6.45, 7) is 4.09. The topological polar surface area (TPSA) is 55.9 Å². The van der Waals surface area contributed by atoms with Crippen molar-refractivity contribution in [2.24, 2.45) is 0 Å². The van der Waals surface area contributed by atoms with Crippen LogP contribution in [-0.2, 0) is 0 Å². The Kier molecular flexibility index (Phi) is 2.22. The van der Waals surface area contributed by atoms with Gasteiger partial charge in [-0.05, 0) is 26.3 Å². The van der Waals surface area contributed by atoms with Gasteiger partial charge in [0.2, 0.25) is 0 Å². The van der Waals surface area contributed by atoms with E-state index in [0.29, 0.717) is 6.04 Å². The smallest absolute Gasteiger partial charge is 0.122 e. The third-order valence-electron chi connectivity index (χ3n) is 2.50. The van der Waals surface area contributed by atoms with E-state index in [1.807, 2.05) is 17.7 Å². The lowest BCUT2D eigenvalue weighted by atomic mass is 10.1. The predicted octanol–water partition coefficient (Wildman–Crippen LogP) is 0.698. The number of aryl methyl sites for hydroxylation is 1. The number of rotatable bonds is 1. The van der Waals surface area contributed by atoms with Crippen molar-refractivity contribution in [3.8, 4) is 0 Å². The van der Waals surface area contributed by atoms with Crippen molar-refractivity contribution >= 4 is 5.82 Å². The summed E-state index contributed by atoms with van der Waals surface area (Å²) < 4.78 is 1.95. The van der Waals surface area contributed by atoms with Crippen molar-refractivity contribution in [2.75, 3.05) is 18.8 Å². The molecule has 0 saturated carbocycles. The lowest BCUT2D eigenvalue weighted by Gasteiger charge is -2.23. The maximum atomic E-state index is 5.84. The molecule has 1 aliphatic heterocycles. The van der Waals surface area contributed by atoms with Gasteiger partial charge in [-0.1, -0.05) is 0 Å². The highest BCUT2D eigenvalue weighted by Crippen LogP contribution is 2.19. The third-order valence-corrected chi connectivity index (χ3v) is 2.50. The van der Waals surface area contributed by atoms with Crippen LogP contribution in [0.25, 0.3) is 0 Å². The highest BCUT2D eigenvalue weighted by Gasteiger charge is 2.17. The summed E-state index contributed by atoms with van der Waals surface area (Å²) in [5, 5.41) is 7.74. The number of nitrogens with two attached hydrogens (primary N) is 1. The molecular formula is C9H16N4. The van der Waals surface area contributed by atoms with E-state index >= 15 is 0 Å². The van der Waals surface area contributed by atoms with Gasteiger partial charge in [-0.3, -0.25) is 0 Å². The molecule has 0 bridgehead atoms. The van der Waals surface area contributed by atoms with Crippen molar-refractivity contribution in [3.05, 3.63) is 11.8 Å². The Balaban J connectivity index is 2.18. The second kappa shape index (κ2) is 3.38. The fourth-order valence-corrected chi connectivity index (χ4v) is 1.87. The van der Waals surface area contributed by atoms with Crippen LogP contribution in [0, 0.1) is 6.92 Å². The SMILES string of the molecule is Cc1cc(N)n([C@@H]2CCCNC2)n1. The number of piperidine rings is 1. The number of hydrogen-bond donors (Lipinski definition) is 2. The van der Waals surface area contributed by atoms with Crippen molar-refractivity contribution < 1.29 is 0 Å². The van der Waals surface area contributed by atoms with Crippen LogP contribution in [0.2, 0.25) is 0 Å².